The van der Waals surface area contributed by atoms with Crippen LogP contribution >= 0.6 is 0 Å². The van der Waals surface area contributed by atoms with Crippen LogP contribution in [-0.4, -0.2) is 21.5 Å². The molecular formula is C16H30N4. The molecule has 1 aromatic heterocycles. The van der Waals surface area contributed by atoms with Crippen LogP contribution in [0.1, 0.15) is 76.9 Å². The molecule has 4 heteroatoms. The Bertz CT molecular complexity index is 366. The van der Waals surface area contributed by atoms with Gasteiger partial charge in [0.2, 0.25) is 0 Å². The first-order valence-corrected chi connectivity index (χ1v) is 8.46. The van der Waals surface area contributed by atoms with Crippen molar-refractivity contribution in [2.24, 2.45) is 5.92 Å². The summed E-state index contributed by atoms with van der Waals surface area (Å²) in [6.07, 6.45) is 12.8. The molecule has 20 heavy (non-hydrogen) atoms. The summed E-state index contributed by atoms with van der Waals surface area (Å²) < 4.78 is 2.09. The van der Waals surface area contributed by atoms with Crippen molar-refractivity contribution in [3.8, 4) is 0 Å². The van der Waals surface area contributed by atoms with Crippen molar-refractivity contribution in [3.63, 3.8) is 0 Å². The zero-order valence-corrected chi connectivity index (χ0v) is 13.1. The summed E-state index contributed by atoms with van der Waals surface area (Å²) in [6, 6.07) is 0.421. The summed E-state index contributed by atoms with van der Waals surface area (Å²) in [6.45, 7) is 6.36. The van der Waals surface area contributed by atoms with Gasteiger partial charge in [0, 0.05) is 6.54 Å². The lowest BCUT2D eigenvalue weighted by molar-refractivity contribution is 0.345. The standard InChI is InChI=1S/C16H30N4/c1-3-11-20-16(13-18-19-20)15(17-4-2)12-14-9-7-5-6-8-10-14/h13-15,17H,3-12H2,1-2H3. The lowest BCUT2D eigenvalue weighted by Gasteiger charge is -2.23. The van der Waals surface area contributed by atoms with E-state index in [2.05, 4.69) is 34.2 Å². The summed E-state index contributed by atoms with van der Waals surface area (Å²) in [4.78, 5) is 0. The van der Waals surface area contributed by atoms with Crippen LogP contribution in [0.4, 0.5) is 0 Å². The maximum Gasteiger partial charge on any atom is 0.0756 e. The lowest BCUT2D eigenvalue weighted by Crippen LogP contribution is -2.26. The minimum atomic E-state index is 0.421. The van der Waals surface area contributed by atoms with Crippen LogP contribution in [0.15, 0.2) is 6.20 Å². The maximum absolute atomic E-state index is 4.25. The average molecular weight is 278 g/mol. The third kappa shape index (κ3) is 4.30. The van der Waals surface area contributed by atoms with E-state index in [0.717, 1.165) is 25.4 Å². The van der Waals surface area contributed by atoms with Gasteiger partial charge in [0.15, 0.2) is 0 Å². The molecule has 0 amide bonds. The van der Waals surface area contributed by atoms with Crippen LogP contribution < -0.4 is 5.32 Å². The van der Waals surface area contributed by atoms with Gasteiger partial charge in [-0.2, -0.15) is 0 Å². The second-order valence-corrected chi connectivity index (χ2v) is 6.09. The number of nitrogens with zero attached hydrogens (tertiary/aromatic N) is 3. The van der Waals surface area contributed by atoms with Crippen molar-refractivity contribution >= 4 is 0 Å². The smallest absolute Gasteiger partial charge is 0.0756 e. The van der Waals surface area contributed by atoms with E-state index >= 15 is 0 Å². The lowest BCUT2D eigenvalue weighted by atomic mass is 9.91. The summed E-state index contributed by atoms with van der Waals surface area (Å²) >= 11 is 0. The van der Waals surface area contributed by atoms with Gasteiger partial charge in [-0.3, -0.25) is 0 Å². The molecule has 2 rings (SSSR count). The van der Waals surface area contributed by atoms with Crippen molar-refractivity contribution < 1.29 is 0 Å². The van der Waals surface area contributed by atoms with E-state index in [4.69, 9.17) is 0 Å². The predicted octanol–water partition coefficient (Wildman–Crippen LogP) is 3.70. The van der Waals surface area contributed by atoms with E-state index < -0.39 is 0 Å². The van der Waals surface area contributed by atoms with Crippen LogP contribution in [0.2, 0.25) is 0 Å². The highest BCUT2D eigenvalue weighted by molar-refractivity contribution is 5.03. The quantitative estimate of drug-likeness (QED) is 0.773. The number of hydrogen-bond donors (Lipinski definition) is 1. The molecule has 0 aromatic carbocycles. The van der Waals surface area contributed by atoms with Crippen molar-refractivity contribution in [1.82, 2.24) is 20.3 Å². The van der Waals surface area contributed by atoms with Crippen molar-refractivity contribution in [2.45, 2.75) is 77.8 Å². The first-order chi connectivity index (χ1) is 9.85. The normalized spacial score (nSPS) is 18.9. The Morgan fingerprint density at radius 2 is 2.00 bits per heavy atom. The van der Waals surface area contributed by atoms with Crippen LogP contribution in [0.5, 0.6) is 0 Å². The fraction of sp³-hybridized carbons (Fsp3) is 0.875. The van der Waals surface area contributed by atoms with Crippen molar-refractivity contribution in [1.29, 1.82) is 0 Å². The number of hydrogen-bond acceptors (Lipinski definition) is 3. The predicted molar refractivity (Wildman–Crippen MR) is 82.5 cm³/mol. The second-order valence-electron chi connectivity index (χ2n) is 6.09. The largest absolute Gasteiger partial charge is 0.309 e. The highest BCUT2D eigenvalue weighted by atomic mass is 15.4. The Balaban J connectivity index is 2.03. The molecule has 0 bridgehead atoms. The van der Waals surface area contributed by atoms with Crippen LogP contribution in [0.25, 0.3) is 0 Å². The molecule has 0 aliphatic heterocycles. The SMILES string of the molecule is CCCn1nncc1C(CC1CCCCCC1)NCC. The number of nitrogens with one attached hydrogen (secondary N) is 1. The van der Waals surface area contributed by atoms with Crippen molar-refractivity contribution in [2.75, 3.05) is 6.54 Å². The highest BCUT2D eigenvalue weighted by Gasteiger charge is 2.21. The van der Waals surface area contributed by atoms with Crippen molar-refractivity contribution in [3.05, 3.63) is 11.9 Å². The first-order valence-electron chi connectivity index (χ1n) is 8.46. The Morgan fingerprint density at radius 3 is 2.65 bits per heavy atom. The Morgan fingerprint density at radius 1 is 1.25 bits per heavy atom. The molecule has 1 N–H and O–H groups in total. The molecule has 0 spiro atoms. The van der Waals surface area contributed by atoms with Gasteiger partial charge in [0.05, 0.1) is 17.9 Å². The zero-order valence-electron chi connectivity index (χ0n) is 13.1. The number of aryl methyl sites for hydroxylation is 1. The highest BCUT2D eigenvalue weighted by Crippen LogP contribution is 2.30. The fourth-order valence-corrected chi connectivity index (χ4v) is 3.41. The molecular weight excluding hydrogens is 248 g/mol. The van der Waals surface area contributed by atoms with Gasteiger partial charge in [0.25, 0.3) is 0 Å². The first kappa shape index (κ1) is 15.5. The molecule has 4 nitrogen and oxygen atoms in total. The van der Waals surface area contributed by atoms with E-state index in [1.807, 2.05) is 6.20 Å². The minimum absolute atomic E-state index is 0.421. The summed E-state index contributed by atoms with van der Waals surface area (Å²) in [5, 5.41) is 12.0. The Hall–Kier alpha value is -0.900. The van der Waals surface area contributed by atoms with Crippen LogP contribution in [-0.2, 0) is 6.54 Å². The molecule has 1 aliphatic carbocycles. The summed E-state index contributed by atoms with van der Waals surface area (Å²) in [7, 11) is 0. The van der Waals surface area contributed by atoms with E-state index in [1.54, 1.807) is 0 Å². The molecule has 1 unspecified atom stereocenters. The van der Waals surface area contributed by atoms with Gasteiger partial charge in [-0.1, -0.05) is 57.6 Å². The average Bonchev–Trinajstić information content (AvgIpc) is 2.75. The zero-order chi connectivity index (χ0) is 14.2. The van der Waals surface area contributed by atoms with Crippen LogP contribution in [0, 0.1) is 5.92 Å². The van der Waals surface area contributed by atoms with Gasteiger partial charge in [-0.25, -0.2) is 4.68 Å². The number of rotatable bonds is 7. The summed E-state index contributed by atoms with van der Waals surface area (Å²) in [5.74, 6) is 0.867. The maximum atomic E-state index is 4.25. The van der Waals surface area contributed by atoms with Crippen LogP contribution in [0.3, 0.4) is 0 Å². The molecule has 114 valence electrons. The van der Waals surface area contributed by atoms with Gasteiger partial charge < -0.3 is 5.32 Å². The van der Waals surface area contributed by atoms with E-state index in [0.29, 0.717) is 6.04 Å². The topological polar surface area (TPSA) is 42.7 Å². The van der Waals surface area contributed by atoms with Gasteiger partial charge in [0.1, 0.15) is 0 Å². The Labute approximate surface area is 123 Å². The monoisotopic (exact) mass is 278 g/mol. The molecule has 1 heterocycles. The fourth-order valence-electron chi connectivity index (χ4n) is 3.41. The molecule has 1 atom stereocenters. The van der Waals surface area contributed by atoms with E-state index in [9.17, 15) is 0 Å². The molecule has 1 aliphatic rings. The molecule has 1 fully saturated rings. The second kappa shape index (κ2) is 8.40. The van der Waals surface area contributed by atoms with Gasteiger partial charge >= 0.3 is 0 Å². The number of aromatic nitrogens is 3. The Kier molecular flexibility index (Phi) is 6.51. The third-order valence-electron chi connectivity index (χ3n) is 4.43. The van der Waals surface area contributed by atoms with Gasteiger partial charge in [-0.05, 0) is 25.3 Å². The molecule has 1 aromatic rings. The molecule has 0 saturated heterocycles. The summed E-state index contributed by atoms with van der Waals surface area (Å²) in [5.41, 5.74) is 1.28. The molecule has 0 radical (unpaired) electrons. The van der Waals surface area contributed by atoms with E-state index in [1.165, 1.54) is 50.6 Å². The third-order valence-corrected chi connectivity index (χ3v) is 4.43. The van der Waals surface area contributed by atoms with E-state index in [-0.39, 0.29) is 0 Å². The van der Waals surface area contributed by atoms with Gasteiger partial charge in [-0.15, -0.1) is 5.10 Å². The minimum Gasteiger partial charge on any atom is -0.309 e. The molecule has 1 saturated carbocycles.